The molecule has 11 nitrogen and oxygen atoms in total. The first-order chi connectivity index (χ1) is 17.5. The van der Waals surface area contributed by atoms with Gasteiger partial charge in [0.25, 0.3) is 11.6 Å². The number of alkyl halides is 2. The van der Waals surface area contributed by atoms with E-state index < -0.39 is 34.4 Å². The number of rotatable bonds is 12. The Balaban J connectivity index is 0.000000375. The van der Waals surface area contributed by atoms with E-state index in [1.165, 1.54) is 24.3 Å². The third kappa shape index (κ3) is 11.3. The second-order valence-electron chi connectivity index (χ2n) is 7.68. The number of aliphatic hydroxyl groups is 2. The van der Waals surface area contributed by atoms with Crippen LogP contribution in [0.4, 0.5) is 11.4 Å². The van der Waals surface area contributed by atoms with Crippen molar-refractivity contribution in [2.45, 2.75) is 30.8 Å². The van der Waals surface area contributed by atoms with E-state index in [0.29, 0.717) is 23.4 Å². The zero-order chi connectivity index (χ0) is 28.0. The average molecular weight is 559 g/mol. The van der Waals surface area contributed by atoms with E-state index >= 15 is 0 Å². The molecule has 0 aromatic heterocycles. The van der Waals surface area contributed by atoms with Gasteiger partial charge < -0.3 is 30.9 Å². The lowest BCUT2D eigenvalue weighted by molar-refractivity contribution is -0.384. The normalized spacial score (nSPS) is 12.3. The molecule has 2 rings (SSSR count). The van der Waals surface area contributed by atoms with Crippen LogP contribution in [0.3, 0.4) is 0 Å². The fourth-order valence-electron chi connectivity index (χ4n) is 3.01. The van der Waals surface area contributed by atoms with Gasteiger partial charge in [0, 0.05) is 24.4 Å². The molecule has 13 heteroatoms. The second kappa shape index (κ2) is 16.7. The zero-order valence-corrected chi connectivity index (χ0v) is 22.1. The van der Waals surface area contributed by atoms with Crippen LogP contribution in [0.2, 0.25) is 0 Å². The van der Waals surface area contributed by atoms with E-state index in [2.05, 4.69) is 24.1 Å². The maximum Gasteiger partial charge on any atom is 0.338 e. The van der Waals surface area contributed by atoms with Gasteiger partial charge in [-0.15, -0.1) is 0 Å². The molecule has 1 amide bonds. The predicted molar refractivity (Wildman–Crippen MR) is 141 cm³/mol. The summed E-state index contributed by atoms with van der Waals surface area (Å²) >= 11 is 10.7. The van der Waals surface area contributed by atoms with Gasteiger partial charge in [-0.25, -0.2) is 4.79 Å². The Bertz CT molecular complexity index is 988. The summed E-state index contributed by atoms with van der Waals surface area (Å²) in [5.41, 5.74) is 6.90. The smallest absolute Gasteiger partial charge is 0.338 e. The number of non-ortho nitro benzene ring substituents is 1. The van der Waals surface area contributed by atoms with Crippen molar-refractivity contribution < 1.29 is 29.5 Å². The van der Waals surface area contributed by atoms with E-state index in [1.54, 1.807) is 24.3 Å². The van der Waals surface area contributed by atoms with E-state index in [-0.39, 0.29) is 11.7 Å². The molecule has 0 spiro atoms. The molecule has 0 saturated heterocycles. The van der Waals surface area contributed by atoms with Crippen LogP contribution in [-0.4, -0.2) is 75.6 Å². The van der Waals surface area contributed by atoms with Gasteiger partial charge in [-0.3, -0.25) is 14.9 Å². The third-order valence-corrected chi connectivity index (χ3v) is 5.63. The van der Waals surface area contributed by atoms with E-state index in [1.807, 2.05) is 0 Å². The van der Waals surface area contributed by atoms with Crippen molar-refractivity contribution >= 4 is 46.5 Å². The number of aliphatic hydroxyl groups excluding tert-OH is 2. The lowest BCUT2D eigenvalue weighted by atomic mass is 10.0. The van der Waals surface area contributed by atoms with Crippen molar-refractivity contribution in [1.29, 1.82) is 0 Å². The number of benzene rings is 2. The highest BCUT2D eigenvalue weighted by Gasteiger charge is 2.24. The van der Waals surface area contributed by atoms with Gasteiger partial charge >= 0.3 is 5.97 Å². The molecule has 2 atom stereocenters. The number of anilines is 1. The molecule has 2 aromatic carbocycles. The number of hydrogen-bond acceptors (Lipinski definition) is 9. The quantitative estimate of drug-likeness (QED) is 0.100. The van der Waals surface area contributed by atoms with Crippen molar-refractivity contribution in [2.75, 3.05) is 38.6 Å². The zero-order valence-electron chi connectivity index (χ0n) is 20.5. The van der Waals surface area contributed by atoms with Crippen molar-refractivity contribution in [2.24, 2.45) is 0 Å². The van der Waals surface area contributed by atoms with E-state index in [0.717, 1.165) is 19.6 Å². The van der Waals surface area contributed by atoms with Crippen LogP contribution < -0.4 is 11.1 Å². The van der Waals surface area contributed by atoms with Crippen LogP contribution in [0.15, 0.2) is 48.5 Å². The lowest BCUT2D eigenvalue weighted by Gasteiger charge is -2.22. The van der Waals surface area contributed by atoms with Crippen LogP contribution in [0.5, 0.6) is 0 Å². The van der Waals surface area contributed by atoms with Crippen molar-refractivity contribution in [1.82, 2.24) is 10.2 Å². The Kier molecular flexibility index (Phi) is 14.5. The third-order valence-electron chi connectivity index (χ3n) is 5.23. The Morgan fingerprint density at radius 3 is 2.14 bits per heavy atom. The van der Waals surface area contributed by atoms with E-state index in [4.69, 9.17) is 38.8 Å². The molecule has 37 heavy (non-hydrogen) atoms. The summed E-state index contributed by atoms with van der Waals surface area (Å²) in [6.45, 7) is 6.76. The summed E-state index contributed by atoms with van der Waals surface area (Å²) in [7, 11) is 0. The number of nitrogens with one attached hydrogen (secondary N) is 1. The highest BCUT2D eigenvalue weighted by atomic mass is 35.5. The lowest BCUT2D eigenvalue weighted by Crippen LogP contribution is -2.44. The van der Waals surface area contributed by atoms with Gasteiger partial charge in [-0.05, 0) is 55.1 Å². The number of carbonyl (C=O) groups is 2. The number of likely N-dealkylation sites (N-methyl/N-ethyl adjacent to an activating group) is 1. The molecule has 0 aliphatic rings. The number of nitrogens with two attached hydrogens (primary N) is 1. The van der Waals surface area contributed by atoms with Gasteiger partial charge in [0.15, 0.2) is 4.84 Å². The van der Waals surface area contributed by atoms with Crippen LogP contribution >= 0.6 is 23.2 Å². The minimum atomic E-state index is -1.33. The fraction of sp³-hybridized carbons (Fsp3) is 0.417. The number of nitro benzene ring substituents is 1. The first kappa shape index (κ1) is 32.1. The molecule has 0 heterocycles. The molecule has 0 fully saturated rings. The minimum absolute atomic E-state index is 0.132. The molecular formula is C24H32Cl2N4O7. The highest BCUT2D eigenvalue weighted by Crippen LogP contribution is 2.20. The molecule has 0 aliphatic heterocycles. The topological polar surface area (TPSA) is 168 Å². The van der Waals surface area contributed by atoms with Crippen molar-refractivity contribution in [3.8, 4) is 0 Å². The maximum atomic E-state index is 11.6. The van der Waals surface area contributed by atoms with Crippen LogP contribution in [0.25, 0.3) is 0 Å². The number of ether oxygens (including phenoxy) is 1. The first-order valence-electron chi connectivity index (χ1n) is 11.4. The molecule has 2 aromatic rings. The van der Waals surface area contributed by atoms with Crippen LogP contribution in [-0.2, 0) is 9.53 Å². The summed E-state index contributed by atoms with van der Waals surface area (Å²) in [4.78, 5) is 33.7. The fourth-order valence-corrected chi connectivity index (χ4v) is 3.13. The van der Waals surface area contributed by atoms with Gasteiger partial charge in [0.05, 0.1) is 23.1 Å². The first-order valence-corrected chi connectivity index (χ1v) is 12.3. The maximum absolute atomic E-state index is 11.6. The van der Waals surface area contributed by atoms with Crippen molar-refractivity contribution in [3.05, 3.63) is 69.8 Å². The van der Waals surface area contributed by atoms with Crippen molar-refractivity contribution in [3.63, 3.8) is 0 Å². The Labute approximate surface area is 225 Å². The Morgan fingerprint density at radius 2 is 1.68 bits per heavy atom. The summed E-state index contributed by atoms with van der Waals surface area (Å²) in [6, 6.07) is 10.8. The van der Waals surface area contributed by atoms with Crippen LogP contribution in [0, 0.1) is 10.1 Å². The largest absolute Gasteiger partial charge is 0.461 e. The number of hydrogen-bond donors (Lipinski definition) is 4. The summed E-state index contributed by atoms with van der Waals surface area (Å²) in [6.07, 6.45) is -1.25. The summed E-state index contributed by atoms with van der Waals surface area (Å²) in [5, 5.41) is 31.9. The molecule has 0 aliphatic carbocycles. The SMILES string of the molecule is CCN(CC)CCOC(=O)c1ccc(N)cc1.O=C(N[C@H](CO)[C@H](O)c1ccc([N+](=O)[O-])cc1)C(Cl)Cl. The number of nitrogens with zero attached hydrogens (tertiary/aromatic N) is 2. The average Bonchev–Trinajstić information content (AvgIpc) is 2.89. The van der Waals surface area contributed by atoms with Gasteiger partial charge in [-0.2, -0.15) is 0 Å². The molecule has 5 N–H and O–H groups in total. The number of carbonyl (C=O) groups excluding carboxylic acids is 2. The number of nitro groups is 1. The molecule has 0 radical (unpaired) electrons. The molecular weight excluding hydrogens is 527 g/mol. The minimum Gasteiger partial charge on any atom is -0.461 e. The number of esters is 1. The van der Waals surface area contributed by atoms with Crippen LogP contribution in [0.1, 0.15) is 35.9 Å². The summed E-state index contributed by atoms with van der Waals surface area (Å²) < 4.78 is 5.18. The van der Waals surface area contributed by atoms with Gasteiger partial charge in [0.2, 0.25) is 0 Å². The highest BCUT2D eigenvalue weighted by molar-refractivity contribution is 6.53. The molecule has 204 valence electrons. The van der Waals surface area contributed by atoms with Gasteiger partial charge in [-0.1, -0.05) is 37.0 Å². The molecule has 0 unspecified atom stereocenters. The molecule has 0 saturated carbocycles. The summed E-state index contributed by atoms with van der Waals surface area (Å²) in [5.74, 6) is -1.05. The number of halogens is 2. The van der Waals surface area contributed by atoms with E-state index in [9.17, 15) is 24.8 Å². The molecule has 0 bridgehead atoms. The standard InChI is InChI=1S/C13H20N2O2.C11H12Cl2N2O5/c1-3-15(4-2)9-10-17-13(16)11-5-7-12(14)8-6-11;12-10(13)11(18)14-8(5-16)9(17)6-1-3-7(4-2-6)15(19)20/h5-8H,3-4,9-10,14H2,1-2H3;1-4,8-10,16-17H,5H2,(H,14,18)/t;8-,9-/m.1/s1. The Morgan fingerprint density at radius 1 is 1.11 bits per heavy atom. The number of amides is 1. The monoisotopic (exact) mass is 558 g/mol. The Hall–Kier alpha value is -2.96. The number of nitrogen functional groups attached to an aromatic ring is 1. The predicted octanol–water partition coefficient (Wildman–Crippen LogP) is 2.68. The second-order valence-corrected chi connectivity index (χ2v) is 8.77. The van der Waals surface area contributed by atoms with Gasteiger partial charge in [0.1, 0.15) is 12.7 Å².